The van der Waals surface area contributed by atoms with Crippen LogP contribution in [0.2, 0.25) is 0 Å². The van der Waals surface area contributed by atoms with Gasteiger partial charge in [-0.15, -0.1) is 0 Å². The summed E-state index contributed by atoms with van der Waals surface area (Å²) in [5.74, 6) is 2.44. The second kappa shape index (κ2) is 8.82. The lowest BCUT2D eigenvalue weighted by Crippen LogP contribution is -2.00. The average molecular weight is 368 g/mol. The Kier molecular flexibility index (Phi) is 6.24. The van der Waals surface area contributed by atoms with E-state index in [-0.39, 0.29) is 0 Å². The van der Waals surface area contributed by atoms with Gasteiger partial charge in [-0.05, 0) is 68.6 Å². The number of rotatable bonds is 9. The van der Waals surface area contributed by atoms with Crippen molar-refractivity contribution in [2.24, 2.45) is 5.73 Å². The summed E-state index contributed by atoms with van der Waals surface area (Å²) in [6.07, 6.45) is 2.93. The van der Waals surface area contributed by atoms with Crippen molar-refractivity contribution in [2.75, 3.05) is 27.4 Å². The fourth-order valence-electron chi connectivity index (χ4n) is 3.50. The molecule has 1 heterocycles. The van der Waals surface area contributed by atoms with Crippen molar-refractivity contribution in [3.05, 3.63) is 42.0 Å². The Labute approximate surface area is 160 Å². The minimum Gasteiger partial charge on any atom is -0.496 e. The molecule has 0 radical (unpaired) electrons. The molecule has 5 nitrogen and oxygen atoms in total. The lowest BCUT2D eigenvalue weighted by atomic mass is 9.99. The first-order valence-corrected chi connectivity index (χ1v) is 9.42. The molecule has 1 aromatic heterocycles. The van der Waals surface area contributed by atoms with E-state index in [1.807, 2.05) is 31.2 Å². The van der Waals surface area contributed by atoms with Gasteiger partial charge in [0.2, 0.25) is 0 Å². The summed E-state index contributed by atoms with van der Waals surface area (Å²) in [5.41, 5.74) is 10.0. The second-order valence-electron chi connectivity index (χ2n) is 6.40. The topological polar surface area (TPSA) is 69.5 Å². The maximum atomic E-state index is 5.72. The highest BCUT2D eigenvalue weighted by Gasteiger charge is 2.20. The molecular weight excluding hydrogens is 340 g/mol. The third kappa shape index (κ3) is 3.88. The highest BCUT2D eigenvalue weighted by molar-refractivity contribution is 5.94. The second-order valence-corrected chi connectivity index (χ2v) is 6.40. The molecule has 0 aliphatic heterocycles. The first-order chi connectivity index (χ1) is 13.2. The van der Waals surface area contributed by atoms with Gasteiger partial charge >= 0.3 is 0 Å². The molecule has 0 fully saturated rings. The number of aryl methyl sites for hydroxylation is 1. The van der Waals surface area contributed by atoms with Crippen molar-refractivity contribution in [3.63, 3.8) is 0 Å². The van der Waals surface area contributed by atoms with Crippen LogP contribution < -0.4 is 19.9 Å². The quantitative estimate of drug-likeness (QED) is 0.544. The summed E-state index contributed by atoms with van der Waals surface area (Å²) in [6.45, 7) is 3.33. The lowest BCUT2D eigenvalue weighted by Gasteiger charge is -2.14. The summed E-state index contributed by atoms with van der Waals surface area (Å²) >= 11 is 0. The normalized spacial score (nSPS) is 11.0. The van der Waals surface area contributed by atoms with Crippen LogP contribution in [0.5, 0.6) is 17.2 Å². The Morgan fingerprint density at radius 1 is 1.00 bits per heavy atom. The molecule has 3 rings (SSSR count). The van der Waals surface area contributed by atoms with E-state index in [0.29, 0.717) is 13.2 Å². The van der Waals surface area contributed by atoms with Crippen molar-refractivity contribution in [3.8, 4) is 28.5 Å². The predicted molar refractivity (Wildman–Crippen MR) is 110 cm³/mol. The Morgan fingerprint density at radius 2 is 1.74 bits per heavy atom. The molecule has 0 aliphatic rings. The zero-order valence-electron chi connectivity index (χ0n) is 16.3. The van der Waals surface area contributed by atoms with Gasteiger partial charge in [-0.25, -0.2) is 0 Å². The Balaban J connectivity index is 2.21. The minimum absolute atomic E-state index is 0.644. The summed E-state index contributed by atoms with van der Waals surface area (Å²) < 4.78 is 17.0. The molecule has 0 spiro atoms. The third-order valence-corrected chi connectivity index (χ3v) is 4.75. The van der Waals surface area contributed by atoms with Gasteiger partial charge in [0.05, 0.1) is 32.1 Å². The number of aromatic amines is 1. The number of H-pyrrole nitrogens is 1. The maximum absolute atomic E-state index is 5.72. The number of benzene rings is 2. The summed E-state index contributed by atoms with van der Waals surface area (Å²) in [4.78, 5) is 3.58. The molecule has 3 N–H and O–H groups in total. The number of ether oxygens (including phenoxy) is 3. The van der Waals surface area contributed by atoms with E-state index in [0.717, 1.165) is 53.3 Å². The fourth-order valence-corrected chi connectivity index (χ4v) is 3.50. The highest BCUT2D eigenvalue weighted by Crippen LogP contribution is 2.42. The van der Waals surface area contributed by atoms with Gasteiger partial charge in [0.1, 0.15) is 17.2 Å². The van der Waals surface area contributed by atoms with Gasteiger partial charge in [0.25, 0.3) is 0 Å². The molecule has 0 unspecified atom stereocenters. The van der Waals surface area contributed by atoms with E-state index in [2.05, 4.69) is 17.1 Å². The zero-order valence-corrected chi connectivity index (χ0v) is 16.3. The number of unbranched alkanes of at least 4 members (excludes halogenated alkanes) is 1. The van der Waals surface area contributed by atoms with Crippen LogP contribution >= 0.6 is 0 Å². The molecular formula is C22H28N2O3. The van der Waals surface area contributed by atoms with Crippen molar-refractivity contribution >= 4 is 10.9 Å². The van der Waals surface area contributed by atoms with Gasteiger partial charge in [-0.3, -0.25) is 0 Å². The van der Waals surface area contributed by atoms with Crippen molar-refractivity contribution in [2.45, 2.75) is 26.2 Å². The molecule has 0 saturated heterocycles. The molecule has 144 valence electrons. The van der Waals surface area contributed by atoms with Crippen LogP contribution in [0, 0.1) is 0 Å². The lowest BCUT2D eigenvalue weighted by molar-refractivity contribution is 0.340. The largest absolute Gasteiger partial charge is 0.496 e. The zero-order chi connectivity index (χ0) is 19.2. The molecule has 0 amide bonds. The standard InChI is InChI=1S/C22H28N2O3/c1-4-27-15-11-12-18-17(14-15)16(8-5-6-13-23)22(24-18)21-19(25-2)9-7-10-20(21)26-3/h7,9-12,14,24H,4-6,8,13,23H2,1-3H3. The number of hydrogen-bond donors (Lipinski definition) is 2. The van der Waals surface area contributed by atoms with Crippen LogP contribution in [0.1, 0.15) is 25.3 Å². The molecule has 27 heavy (non-hydrogen) atoms. The van der Waals surface area contributed by atoms with E-state index in [9.17, 15) is 0 Å². The average Bonchev–Trinajstić information content (AvgIpc) is 3.05. The van der Waals surface area contributed by atoms with Crippen LogP contribution in [0.25, 0.3) is 22.2 Å². The molecule has 5 heteroatoms. The van der Waals surface area contributed by atoms with Crippen LogP contribution in [-0.2, 0) is 6.42 Å². The van der Waals surface area contributed by atoms with E-state index < -0.39 is 0 Å². The molecule has 3 aromatic rings. The van der Waals surface area contributed by atoms with Crippen LogP contribution in [0.3, 0.4) is 0 Å². The highest BCUT2D eigenvalue weighted by atomic mass is 16.5. The molecule has 0 atom stereocenters. The molecule has 0 bridgehead atoms. The number of aromatic nitrogens is 1. The van der Waals surface area contributed by atoms with E-state index in [4.69, 9.17) is 19.9 Å². The van der Waals surface area contributed by atoms with Crippen molar-refractivity contribution in [1.29, 1.82) is 0 Å². The number of hydrogen-bond acceptors (Lipinski definition) is 4. The summed E-state index contributed by atoms with van der Waals surface area (Å²) in [6, 6.07) is 12.0. The van der Waals surface area contributed by atoms with E-state index in [1.165, 1.54) is 10.9 Å². The van der Waals surface area contributed by atoms with Crippen molar-refractivity contribution < 1.29 is 14.2 Å². The Hall–Kier alpha value is -2.66. The van der Waals surface area contributed by atoms with Crippen molar-refractivity contribution in [1.82, 2.24) is 4.98 Å². The number of fused-ring (bicyclic) bond motifs is 1. The van der Waals surface area contributed by atoms with Crippen LogP contribution in [-0.4, -0.2) is 32.4 Å². The number of nitrogens with one attached hydrogen (secondary N) is 1. The summed E-state index contributed by atoms with van der Waals surface area (Å²) in [5, 5.41) is 1.17. The van der Waals surface area contributed by atoms with Gasteiger partial charge in [0, 0.05) is 10.9 Å². The Bertz CT molecular complexity index is 880. The smallest absolute Gasteiger partial charge is 0.131 e. The van der Waals surface area contributed by atoms with Gasteiger partial charge in [0.15, 0.2) is 0 Å². The van der Waals surface area contributed by atoms with Gasteiger partial charge in [-0.2, -0.15) is 0 Å². The molecule has 0 aliphatic carbocycles. The first kappa shape index (κ1) is 19.1. The SMILES string of the molecule is CCOc1ccc2[nH]c(-c3c(OC)cccc3OC)c(CCCCN)c2c1. The first-order valence-electron chi connectivity index (χ1n) is 9.42. The maximum Gasteiger partial charge on any atom is 0.131 e. The minimum atomic E-state index is 0.644. The number of nitrogens with two attached hydrogens (primary N) is 1. The monoisotopic (exact) mass is 368 g/mol. The Morgan fingerprint density at radius 3 is 2.37 bits per heavy atom. The van der Waals surface area contributed by atoms with Crippen LogP contribution in [0.4, 0.5) is 0 Å². The van der Waals surface area contributed by atoms with Gasteiger partial charge < -0.3 is 24.9 Å². The van der Waals surface area contributed by atoms with E-state index >= 15 is 0 Å². The fraction of sp³-hybridized carbons (Fsp3) is 0.364. The van der Waals surface area contributed by atoms with Gasteiger partial charge in [-0.1, -0.05) is 6.07 Å². The van der Waals surface area contributed by atoms with Crippen LogP contribution in [0.15, 0.2) is 36.4 Å². The predicted octanol–water partition coefficient (Wildman–Crippen LogP) is 4.53. The molecule has 0 saturated carbocycles. The number of methoxy groups -OCH3 is 2. The summed E-state index contributed by atoms with van der Waals surface area (Å²) in [7, 11) is 3.37. The van der Waals surface area contributed by atoms with E-state index in [1.54, 1.807) is 14.2 Å². The third-order valence-electron chi connectivity index (χ3n) is 4.75. The molecule has 2 aromatic carbocycles.